The first-order chi connectivity index (χ1) is 11.1. The second kappa shape index (κ2) is 4.99. The van der Waals surface area contributed by atoms with Crippen LogP contribution in [-0.2, 0) is 15.1 Å². The molecule has 0 amide bonds. The molecule has 0 saturated carbocycles. The molecule has 2 nitrogen and oxygen atoms in total. The number of hydrogen-bond acceptors (Lipinski definition) is 2. The minimum absolute atomic E-state index is 0.0698. The monoisotopic (exact) mass is 346 g/mol. The van der Waals surface area contributed by atoms with Gasteiger partial charge in [-0.2, -0.15) is 26.3 Å². The van der Waals surface area contributed by atoms with E-state index in [2.05, 4.69) is 4.74 Å². The third kappa shape index (κ3) is 2.16. The summed E-state index contributed by atoms with van der Waals surface area (Å²) in [6.07, 6.45) is -10.8. The van der Waals surface area contributed by atoms with Gasteiger partial charge in [0.25, 0.3) is 5.60 Å². The molecule has 0 saturated heterocycles. The van der Waals surface area contributed by atoms with Gasteiger partial charge in [0.2, 0.25) is 0 Å². The zero-order valence-electron chi connectivity index (χ0n) is 11.7. The number of carbonyl (C=O) groups is 1. The fourth-order valence-corrected chi connectivity index (χ4v) is 2.87. The molecule has 3 rings (SSSR count). The third-order valence-corrected chi connectivity index (χ3v) is 3.78. The van der Waals surface area contributed by atoms with Crippen molar-refractivity contribution in [3.05, 3.63) is 59.7 Å². The fourth-order valence-electron chi connectivity index (χ4n) is 2.87. The van der Waals surface area contributed by atoms with Crippen molar-refractivity contribution in [1.29, 1.82) is 0 Å². The number of benzene rings is 2. The van der Waals surface area contributed by atoms with Crippen molar-refractivity contribution in [3.8, 4) is 11.1 Å². The van der Waals surface area contributed by atoms with E-state index in [1.807, 2.05) is 0 Å². The molecule has 0 spiro atoms. The summed E-state index contributed by atoms with van der Waals surface area (Å²) in [4.78, 5) is 11.2. The highest BCUT2D eigenvalue weighted by molar-refractivity contribution is 5.84. The molecule has 0 unspecified atom stereocenters. The van der Waals surface area contributed by atoms with E-state index in [1.165, 1.54) is 36.4 Å². The van der Waals surface area contributed by atoms with Gasteiger partial charge in [-0.1, -0.05) is 48.5 Å². The van der Waals surface area contributed by atoms with Crippen LogP contribution in [0.4, 0.5) is 26.3 Å². The Morgan fingerprint density at radius 3 is 1.58 bits per heavy atom. The Kier molecular flexibility index (Phi) is 3.40. The van der Waals surface area contributed by atoms with Gasteiger partial charge in [0.15, 0.2) is 0 Å². The Morgan fingerprint density at radius 1 is 0.792 bits per heavy atom. The molecule has 0 aliphatic heterocycles. The maximum absolute atomic E-state index is 13.9. The fraction of sp³-hybridized carbons (Fsp3) is 0.188. The quantitative estimate of drug-likeness (QED) is 0.558. The van der Waals surface area contributed by atoms with Crippen LogP contribution in [0.2, 0.25) is 0 Å². The van der Waals surface area contributed by atoms with Crippen LogP contribution in [0.15, 0.2) is 48.5 Å². The molecule has 1 aliphatic rings. The lowest BCUT2D eigenvalue weighted by Crippen LogP contribution is -2.48. The SMILES string of the molecule is O=C(OC1(C(F)(F)F)c2ccccc2-c2ccccc21)C(F)(F)F. The molecular weight excluding hydrogens is 338 g/mol. The average Bonchev–Trinajstić information content (AvgIpc) is 2.78. The summed E-state index contributed by atoms with van der Waals surface area (Å²) >= 11 is 0. The van der Waals surface area contributed by atoms with Gasteiger partial charge in [-0.15, -0.1) is 0 Å². The lowest BCUT2D eigenvalue weighted by molar-refractivity contribution is -0.275. The third-order valence-electron chi connectivity index (χ3n) is 3.78. The Hall–Kier alpha value is -2.51. The van der Waals surface area contributed by atoms with E-state index in [1.54, 1.807) is 0 Å². The Bertz CT molecular complexity index is 761. The van der Waals surface area contributed by atoms with Crippen LogP contribution in [-0.4, -0.2) is 18.3 Å². The van der Waals surface area contributed by atoms with Crippen molar-refractivity contribution >= 4 is 5.97 Å². The van der Waals surface area contributed by atoms with Crippen molar-refractivity contribution in [2.75, 3.05) is 0 Å². The lowest BCUT2D eigenvalue weighted by Gasteiger charge is -2.33. The van der Waals surface area contributed by atoms with Gasteiger partial charge in [-0.25, -0.2) is 4.79 Å². The van der Waals surface area contributed by atoms with Crippen molar-refractivity contribution < 1.29 is 35.9 Å². The highest BCUT2D eigenvalue weighted by Crippen LogP contribution is 2.57. The van der Waals surface area contributed by atoms with Gasteiger partial charge >= 0.3 is 18.3 Å². The average molecular weight is 346 g/mol. The van der Waals surface area contributed by atoms with E-state index in [9.17, 15) is 31.1 Å². The number of halogens is 6. The summed E-state index contributed by atoms with van der Waals surface area (Å²) < 4.78 is 83.4. The van der Waals surface area contributed by atoms with E-state index >= 15 is 0 Å². The molecule has 2 aromatic carbocycles. The Balaban J connectivity index is 2.32. The summed E-state index contributed by atoms with van der Waals surface area (Å²) in [6, 6.07) is 10.1. The van der Waals surface area contributed by atoms with Crippen molar-refractivity contribution in [2.45, 2.75) is 18.0 Å². The van der Waals surface area contributed by atoms with Crippen molar-refractivity contribution in [1.82, 2.24) is 0 Å². The first-order valence-electron chi connectivity index (χ1n) is 6.65. The molecule has 0 heterocycles. The van der Waals surface area contributed by atoms with Gasteiger partial charge in [-0.3, -0.25) is 0 Å². The van der Waals surface area contributed by atoms with Crippen LogP contribution in [0.25, 0.3) is 11.1 Å². The molecule has 1 aliphatic carbocycles. The van der Waals surface area contributed by atoms with E-state index in [0.717, 1.165) is 12.1 Å². The lowest BCUT2D eigenvalue weighted by atomic mass is 9.90. The standard InChI is InChI=1S/C16H8F6O2/c17-15(18,19)13(23)24-14(16(20,21)22)11-7-3-1-5-9(11)10-6-2-4-8-12(10)14/h1-8H. The molecule has 0 aromatic heterocycles. The second-order valence-electron chi connectivity index (χ2n) is 5.16. The summed E-state index contributed by atoms with van der Waals surface area (Å²) in [7, 11) is 0. The number of alkyl halides is 6. The molecule has 24 heavy (non-hydrogen) atoms. The van der Waals surface area contributed by atoms with Crippen LogP contribution in [0, 0.1) is 0 Å². The number of hydrogen-bond donors (Lipinski definition) is 0. The Morgan fingerprint density at radius 2 is 1.21 bits per heavy atom. The first kappa shape index (κ1) is 16.4. The van der Waals surface area contributed by atoms with Crippen LogP contribution >= 0.6 is 0 Å². The van der Waals surface area contributed by atoms with Crippen LogP contribution in [0.5, 0.6) is 0 Å². The van der Waals surface area contributed by atoms with Crippen molar-refractivity contribution in [2.24, 2.45) is 0 Å². The summed E-state index contributed by atoms with van der Waals surface area (Å²) in [6.45, 7) is 0. The zero-order chi connectivity index (χ0) is 17.8. The number of carbonyl (C=O) groups excluding carboxylic acids is 1. The van der Waals surface area contributed by atoms with Gasteiger partial charge in [0.1, 0.15) is 0 Å². The van der Waals surface area contributed by atoms with E-state index in [-0.39, 0.29) is 11.1 Å². The van der Waals surface area contributed by atoms with Gasteiger partial charge in [-0.05, 0) is 11.1 Å². The largest absolute Gasteiger partial charge is 0.490 e. The van der Waals surface area contributed by atoms with Gasteiger partial charge < -0.3 is 4.74 Å². The molecule has 8 heteroatoms. The molecule has 0 atom stereocenters. The van der Waals surface area contributed by atoms with E-state index < -0.39 is 35.0 Å². The number of ether oxygens (including phenoxy) is 1. The molecule has 0 N–H and O–H groups in total. The van der Waals surface area contributed by atoms with Crippen LogP contribution < -0.4 is 0 Å². The van der Waals surface area contributed by atoms with E-state index in [4.69, 9.17) is 0 Å². The molecule has 0 fully saturated rings. The first-order valence-corrected chi connectivity index (χ1v) is 6.65. The summed E-state index contributed by atoms with van der Waals surface area (Å²) in [5.74, 6) is -2.90. The topological polar surface area (TPSA) is 26.3 Å². The number of esters is 1. The minimum atomic E-state index is -5.55. The highest BCUT2D eigenvalue weighted by atomic mass is 19.4. The summed E-state index contributed by atoms with van der Waals surface area (Å²) in [5, 5.41) is 0. The molecule has 2 aromatic rings. The molecule has 0 radical (unpaired) electrons. The maximum atomic E-state index is 13.9. The predicted molar refractivity (Wildman–Crippen MR) is 70.9 cm³/mol. The zero-order valence-corrected chi connectivity index (χ0v) is 11.7. The molecular formula is C16H8F6O2. The van der Waals surface area contributed by atoms with Crippen molar-refractivity contribution in [3.63, 3.8) is 0 Å². The Labute approximate surface area is 131 Å². The minimum Gasteiger partial charge on any atom is -0.433 e. The van der Waals surface area contributed by atoms with E-state index in [0.29, 0.717) is 0 Å². The smallest absolute Gasteiger partial charge is 0.433 e. The van der Waals surface area contributed by atoms with Crippen LogP contribution in [0.1, 0.15) is 11.1 Å². The molecule has 0 bridgehead atoms. The highest BCUT2D eigenvalue weighted by Gasteiger charge is 2.66. The maximum Gasteiger partial charge on any atom is 0.490 e. The van der Waals surface area contributed by atoms with Crippen LogP contribution in [0.3, 0.4) is 0 Å². The number of fused-ring (bicyclic) bond motifs is 3. The number of rotatable bonds is 1. The summed E-state index contributed by atoms with van der Waals surface area (Å²) in [5.41, 5.74) is -4.44. The van der Waals surface area contributed by atoms with Gasteiger partial charge in [0.05, 0.1) is 0 Å². The second-order valence-corrected chi connectivity index (χ2v) is 5.16. The van der Waals surface area contributed by atoms with Gasteiger partial charge in [0, 0.05) is 11.1 Å². The molecule has 126 valence electrons. The normalized spacial score (nSPS) is 15.6. The predicted octanol–water partition coefficient (Wildman–Crippen LogP) is 4.58.